The molecule has 1 aliphatic rings. The summed E-state index contributed by atoms with van der Waals surface area (Å²) in [5.74, 6) is 1.22. The van der Waals surface area contributed by atoms with E-state index in [1.807, 2.05) is 29.6 Å². The Labute approximate surface area is 202 Å². The Morgan fingerprint density at radius 1 is 0.971 bits per heavy atom. The Balaban J connectivity index is 1.50. The van der Waals surface area contributed by atoms with Crippen LogP contribution in [0.5, 0.6) is 0 Å². The average molecular weight is 493 g/mol. The number of carbonyl (C=O) groups is 1. The number of rotatable bonds is 6. The quantitative estimate of drug-likeness (QED) is 0.371. The molecule has 0 aliphatic heterocycles. The largest absolute Gasteiger partial charge is 0.338 e. The van der Waals surface area contributed by atoms with Crippen LogP contribution in [0.4, 0.5) is 23.1 Å². The molecule has 174 valence electrons. The molecule has 4 aromatic rings. The highest BCUT2D eigenvalue weighted by atomic mass is 32.2. The number of thiophene rings is 1. The highest BCUT2D eigenvalue weighted by molar-refractivity contribution is 7.92. The molecule has 1 aliphatic carbocycles. The summed E-state index contributed by atoms with van der Waals surface area (Å²) in [6, 6.07) is 14.7. The van der Waals surface area contributed by atoms with Gasteiger partial charge >= 0.3 is 0 Å². The van der Waals surface area contributed by atoms with E-state index in [0.717, 1.165) is 33.5 Å². The number of aromatic nitrogens is 2. The fourth-order valence-corrected chi connectivity index (χ4v) is 5.99. The summed E-state index contributed by atoms with van der Waals surface area (Å²) < 4.78 is 26.6. The van der Waals surface area contributed by atoms with Gasteiger partial charge in [0.25, 0.3) is 0 Å². The molecular weight excluding hydrogens is 468 g/mol. The summed E-state index contributed by atoms with van der Waals surface area (Å²) in [6.45, 7) is 3.34. The molecule has 2 aromatic heterocycles. The van der Waals surface area contributed by atoms with E-state index in [0.29, 0.717) is 30.3 Å². The number of nitrogens with one attached hydrogen (secondary N) is 2. The zero-order valence-electron chi connectivity index (χ0n) is 18.8. The summed E-state index contributed by atoms with van der Waals surface area (Å²) in [5.41, 5.74) is 4.32. The third-order valence-corrected chi connectivity index (χ3v) is 9.01. The Morgan fingerprint density at radius 2 is 1.79 bits per heavy atom. The predicted octanol–water partition coefficient (Wildman–Crippen LogP) is 5.42. The number of benzene rings is 2. The number of anilines is 4. The molecule has 34 heavy (non-hydrogen) atoms. The van der Waals surface area contributed by atoms with Crippen molar-refractivity contribution in [2.75, 3.05) is 10.6 Å². The van der Waals surface area contributed by atoms with E-state index in [9.17, 15) is 13.2 Å². The van der Waals surface area contributed by atoms with Gasteiger partial charge in [0.1, 0.15) is 5.78 Å². The number of nitrogens with zero attached hydrogens (tertiary/aromatic N) is 2. The second-order valence-electron chi connectivity index (χ2n) is 8.57. The van der Waals surface area contributed by atoms with Gasteiger partial charge in [0.2, 0.25) is 5.95 Å². The monoisotopic (exact) mass is 492 g/mol. The van der Waals surface area contributed by atoms with Crippen molar-refractivity contribution in [2.24, 2.45) is 0 Å². The van der Waals surface area contributed by atoms with Crippen LogP contribution in [0.25, 0.3) is 10.2 Å². The molecular formula is C25H24N4O3S2. The molecule has 0 fully saturated rings. The van der Waals surface area contributed by atoms with E-state index < -0.39 is 15.1 Å². The van der Waals surface area contributed by atoms with Crippen LogP contribution < -0.4 is 10.6 Å². The third-order valence-electron chi connectivity index (χ3n) is 5.89. The van der Waals surface area contributed by atoms with E-state index in [2.05, 4.69) is 20.6 Å². The molecule has 0 bridgehead atoms. The SMILES string of the molecule is CC(C)S(=O)(=O)c1ccccc1Nc1nc(Nc2ccc3c(c2)CCC(=O)C3)nc2ccsc12. The maximum Gasteiger partial charge on any atom is 0.229 e. The van der Waals surface area contributed by atoms with E-state index in [1.165, 1.54) is 11.3 Å². The zero-order chi connectivity index (χ0) is 23.9. The molecule has 2 aromatic carbocycles. The number of para-hydroxylation sites is 1. The smallest absolute Gasteiger partial charge is 0.229 e. The van der Waals surface area contributed by atoms with Crippen molar-refractivity contribution in [2.45, 2.75) is 43.3 Å². The van der Waals surface area contributed by atoms with E-state index in [-0.39, 0.29) is 10.7 Å². The van der Waals surface area contributed by atoms with E-state index >= 15 is 0 Å². The molecule has 2 heterocycles. The van der Waals surface area contributed by atoms with Crippen LogP contribution in [0.15, 0.2) is 58.8 Å². The van der Waals surface area contributed by atoms with Gasteiger partial charge in [-0.05, 0) is 67.1 Å². The van der Waals surface area contributed by atoms with Crippen molar-refractivity contribution in [1.29, 1.82) is 0 Å². The highest BCUT2D eigenvalue weighted by Gasteiger charge is 2.23. The van der Waals surface area contributed by atoms with Crippen LogP contribution >= 0.6 is 11.3 Å². The van der Waals surface area contributed by atoms with Crippen LogP contribution in [0.1, 0.15) is 31.4 Å². The highest BCUT2D eigenvalue weighted by Crippen LogP contribution is 2.33. The predicted molar refractivity (Wildman–Crippen MR) is 136 cm³/mol. The summed E-state index contributed by atoms with van der Waals surface area (Å²) in [6.07, 6.45) is 1.79. The molecule has 0 saturated carbocycles. The standard InChI is InChI=1S/C25H24N4O3S2/c1-15(2)34(31,32)22-6-4-3-5-20(22)27-24-23-21(11-12-33-23)28-25(29-24)26-18-9-7-17-14-19(30)10-8-16(17)13-18/h3-7,9,11-13,15H,8,10,14H2,1-2H3,(H2,26,27,28,29). The fraction of sp³-hybridized carbons (Fsp3) is 0.240. The second kappa shape index (κ2) is 8.81. The van der Waals surface area contributed by atoms with Crippen molar-refractivity contribution < 1.29 is 13.2 Å². The molecule has 9 heteroatoms. The number of fused-ring (bicyclic) bond motifs is 2. The van der Waals surface area contributed by atoms with Crippen LogP contribution in [0.2, 0.25) is 0 Å². The summed E-state index contributed by atoms with van der Waals surface area (Å²) in [4.78, 5) is 21.3. The lowest BCUT2D eigenvalue weighted by atomic mass is 9.90. The maximum absolute atomic E-state index is 12.9. The number of aryl methyl sites for hydroxylation is 1. The maximum atomic E-state index is 12.9. The Hall–Kier alpha value is -3.30. The first-order valence-corrected chi connectivity index (χ1v) is 13.5. The molecule has 0 saturated heterocycles. The minimum Gasteiger partial charge on any atom is -0.338 e. The lowest BCUT2D eigenvalue weighted by molar-refractivity contribution is -0.118. The van der Waals surface area contributed by atoms with Crippen molar-refractivity contribution in [3.8, 4) is 0 Å². The van der Waals surface area contributed by atoms with Crippen LogP contribution in [-0.4, -0.2) is 29.4 Å². The lowest BCUT2D eigenvalue weighted by Gasteiger charge is -2.17. The first kappa shape index (κ1) is 22.5. The molecule has 0 radical (unpaired) electrons. The molecule has 0 atom stereocenters. The fourth-order valence-electron chi connectivity index (χ4n) is 4.02. The summed E-state index contributed by atoms with van der Waals surface area (Å²) >= 11 is 1.49. The van der Waals surface area contributed by atoms with Gasteiger partial charge in [-0.15, -0.1) is 11.3 Å². The molecule has 0 unspecified atom stereocenters. The van der Waals surface area contributed by atoms with Crippen molar-refractivity contribution in [3.63, 3.8) is 0 Å². The van der Waals surface area contributed by atoms with Gasteiger partial charge in [-0.2, -0.15) is 4.98 Å². The molecule has 0 spiro atoms. The topological polar surface area (TPSA) is 101 Å². The third kappa shape index (κ3) is 4.28. The number of hydrogen-bond donors (Lipinski definition) is 2. The second-order valence-corrected chi connectivity index (χ2v) is 12.0. The molecule has 2 N–H and O–H groups in total. The zero-order valence-corrected chi connectivity index (χ0v) is 20.5. The number of carbonyl (C=O) groups excluding carboxylic acids is 1. The van der Waals surface area contributed by atoms with Crippen LogP contribution in [-0.2, 0) is 27.5 Å². The van der Waals surface area contributed by atoms with Gasteiger partial charge in [0, 0.05) is 18.5 Å². The Kier molecular flexibility index (Phi) is 5.83. The van der Waals surface area contributed by atoms with Gasteiger partial charge < -0.3 is 10.6 Å². The number of Topliss-reactive ketones (excluding diaryl/α,β-unsaturated/α-hetero) is 1. The van der Waals surface area contributed by atoms with Crippen molar-refractivity contribution in [3.05, 3.63) is 65.0 Å². The van der Waals surface area contributed by atoms with Crippen LogP contribution in [0, 0.1) is 0 Å². The van der Waals surface area contributed by atoms with Gasteiger partial charge in [0.05, 0.1) is 26.0 Å². The molecule has 5 rings (SSSR count). The van der Waals surface area contributed by atoms with Gasteiger partial charge in [-0.3, -0.25) is 4.79 Å². The Bertz CT molecular complexity index is 1510. The average Bonchev–Trinajstić information content (AvgIpc) is 3.28. The Morgan fingerprint density at radius 3 is 2.62 bits per heavy atom. The lowest BCUT2D eigenvalue weighted by Crippen LogP contribution is -2.15. The van der Waals surface area contributed by atoms with E-state index in [4.69, 9.17) is 0 Å². The molecule has 7 nitrogen and oxygen atoms in total. The number of hydrogen-bond acceptors (Lipinski definition) is 8. The number of ketones is 1. The first-order chi connectivity index (χ1) is 16.3. The van der Waals surface area contributed by atoms with Crippen molar-refractivity contribution in [1.82, 2.24) is 9.97 Å². The number of sulfone groups is 1. The minimum absolute atomic E-state index is 0.243. The van der Waals surface area contributed by atoms with Crippen LogP contribution in [0.3, 0.4) is 0 Å². The normalized spacial score (nSPS) is 13.8. The van der Waals surface area contributed by atoms with Crippen molar-refractivity contribution >= 4 is 60.3 Å². The van der Waals surface area contributed by atoms with Gasteiger partial charge in [0.15, 0.2) is 15.7 Å². The first-order valence-electron chi connectivity index (χ1n) is 11.1. The summed E-state index contributed by atoms with van der Waals surface area (Å²) in [7, 11) is -3.48. The van der Waals surface area contributed by atoms with Gasteiger partial charge in [-0.1, -0.05) is 18.2 Å². The van der Waals surface area contributed by atoms with Gasteiger partial charge in [-0.25, -0.2) is 13.4 Å². The molecule has 0 amide bonds. The minimum atomic E-state index is -3.48. The summed E-state index contributed by atoms with van der Waals surface area (Å²) in [5, 5.41) is 7.91. The van der Waals surface area contributed by atoms with E-state index in [1.54, 1.807) is 38.1 Å².